The molecule has 1 saturated carbocycles. The molecule has 2 saturated heterocycles. The monoisotopic (exact) mass is 391 g/mol. The van der Waals surface area contributed by atoms with Crippen LogP contribution in [0.15, 0.2) is 24.5 Å². The summed E-state index contributed by atoms with van der Waals surface area (Å²) in [5.41, 5.74) is 0.454. The number of halogens is 1. The van der Waals surface area contributed by atoms with Crippen molar-refractivity contribution in [2.75, 3.05) is 13.2 Å². The van der Waals surface area contributed by atoms with Gasteiger partial charge in [-0.05, 0) is 30.9 Å². The Morgan fingerprint density at radius 3 is 2.67 bits per heavy atom. The molecule has 3 fully saturated rings. The molecule has 3 aliphatic rings. The number of fused-ring (bicyclic) bond motifs is 1. The molecule has 0 aromatic carbocycles. The Morgan fingerprint density at radius 1 is 1.26 bits per heavy atom. The average molecular weight is 392 g/mol. The zero-order valence-electron chi connectivity index (χ0n) is 14.8. The lowest BCUT2D eigenvalue weighted by molar-refractivity contribution is -0.139. The molecule has 1 aliphatic carbocycles. The van der Waals surface area contributed by atoms with E-state index in [4.69, 9.17) is 16.3 Å². The van der Waals surface area contributed by atoms with Gasteiger partial charge < -0.3 is 15.0 Å². The standard InChI is InChI=1S/C19H22ClN3O4/c20-13-9-23(16-14(24)10-27-17(13)16)19(26)15(11-3-1-2-4-11)22-18(25)12-5-7-21-8-6-12/h5-8,11,13,15-17H,1-4,9-10H2,(H,22,25)/t13-,15-,16+,17+/m0/s1. The van der Waals surface area contributed by atoms with Gasteiger partial charge in [0.1, 0.15) is 24.8 Å². The lowest BCUT2D eigenvalue weighted by Crippen LogP contribution is -2.54. The summed E-state index contributed by atoms with van der Waals surface area (Å²) in [6.45, 7) is 0.246. The summed E-state index contributed by atoms with van der Waals surface area (Å²) in [6.07, 6.45) is 6.45. The van der Waals surface area contributed by atoms with E-state index in [-0.39, 0.29) is 36.7 Å². The molecule has 1 aromatic rings. The summed E-state index contributed by atoms with van der Waals surface area (Å²) in [5.74, 6) is -0.605. The van der Waals surface area contributed by atoms with E-state index < -0.39 is 23.6 Å². The normalized spacial score (nSPS) is 29.0. The summed E-state index contributed by atoms with van der Waals surface area (Å²) in [5, 5.41) is 2.50. The second-order valence-corrected chi connectivity index (χ2v) is 7.99. The molecular weight excluding hydrogens is 370 g/mol. The molecular formula is C19H22ClN3O4. The van der Waals surface area contributed by atoms with E-state index >= 15 is 0 Å². The maximum absolute atomic E-state index is 13.4. The number of Topliss-reactive ketones (excluding diaryl/α,β-unsaturated/α-hetero) is 1. The third-order valence-electron chi connectivity index (χ3n) is 5.77. The largest absolute Gasteiger partial charge is 0.366 e. The van der Waals surface area contributed by atoms with Crippen LogP contribution in [0, 0.1) is 5.92 Å². The minimum absolute atomic E-state index is 0.0141. The first-order valence-corrected chi connectivity index (χ1v) is 9.79. The van der Waals surface area contributed by atoms with Gasteiger partial charge in [-0.15, -0.1) is 11.6 Å². The molecule has 27 heavy (non-hydrogen) atoms. The number of likely N-dealkylation sites (tertiary alicyclic amines) is 1. The third kappa shape index (κ3) is 3.46. The van der Waals surface area contributed by atoms with Crippen LogP contribution in [0.25, 0.3) is 0 Å². The van der Waals surface area contributed by atoms with Crippen molar-refractivity contribution in [3.05, 3.63) is 30.1 Å². The van der Waals surface area contributed by atoms with Crippen molar-refractivity contribution in [3.8, 4) is 0 Å². The molecule has 8 heteroatoms. The van der Waals surface area contributed by atoms with E-state index in [1.165, 1.54) is 4.90 Å². The fourth-order valence-electron chi connectivity index (χ4n) is 4.40. The van der Waals surface area contributed by atoms with Crippen LogP contribution >= 0.6 is 11.6 Å². The highest BCUT2D eigenvalue weighted by molar-refractivity contribution is 6.22. The number of carbonyl (C=O) groups excluding carboxylic acids is 3. The molecule has 0 bridgehead atoms. The van der Waals surface area contributed by atoms with Crippen LogP contribution in [0.5, 0.6) is 0 Å². The van der Waals surface area contributed by atoms with Crippen molar-refractivity contribution in [3.63, 3.8) is 0 Å². The Morgan fingerprint density at radius 2 is 1.96 bits per heavy atom. The highest BCUT2D eigenvalue weighted by atomic mass is 35.5. The summed E-state index contributed by atoms with van der Waals surface area (Å²) in [7, 11) is 0. The smallest absolute Gasteiger partial charge is 0.252 e. The number of hydrogen-bond acceptors (Lipinski definition) is 5. The molecule has 2 aliphatic heterocycles. The van der Waals surface area contributed by atoms with E-state index in [1.54, 1.807) is 24.5 Å². The summed E-state index contributed by atoms with van der Waals surface area (Å²) < 4.78 is 5.47. The number of pyridine rings is 1. The van der Waals surface area contributed by atoms with Crippen molar-refractivity contribution < 1.29 is 19.1 Å². The highest BCUT2D eigenvalue weighted by Crippen LogP contribution is 2.34. The number of ketones is 1. The Bertz CT molecular complexity index is 738. The Hall–Kier alpha value is -1.99. The number of carbonyl (C=O) groups is 3. The Balaban J connectivity index is 1.56. The van der Waals surface area contributed by atoms with Gasteiger partial charge in [-0.1, -0.05) is 12.8 Å². The number of amides is 2. The second kappa shape index (κ2) is 7.56. The topological polar surface area (TPSA) is 88.6 Å². The molecule has 0 unspecified atom stereocenters. The lowest BCUT2D eigenvalue weighted by Gasteiger charge is -2.30. The molecule has 144 valence electrons. The van der Waals surface area contributed by atoms with Crippen LogP contribution in [0.1, 0.15) is 36.0 Å². The van der Waals surface area contributed by atoms with Gasteiger partial charge in [0.25, 0.3) is 5.91 Å². The number of aromatic nitrogens is 1. The number of alkyl halides is 1. The number of nitrogens with zero attached hydrogens (tertiary/aromatic N) is 2. The van der Waals surface area contributed by atoms with Gasteiger partial charge in [-0.2, -0.15) is 0 Å². The van der Waals surface area contributed by atoms with Crippen molar-refractivity contribution in [1.82, 2.24) is 15.2 Å². The van der Waals surface area contributed by atoms with Gasteiger partial charge in [-0.3, -0.25) is 19.4 Å². The van der Waals surface area contributed by atoms with Crippen molar-refractivity contribution in [1.29, 1.82) is 0 Å². The second-order valence-electron chi connectivity index (χ2n) is 7.42. The molecule has 0 radical (unpaired) electrons. The number of hydrogen-bond donors (Lipinski definition) is 1. The van der Waals surface area contributed by atoms with Gasteiger partial charge in [0.2, 0.25) is 5.91 Å². The van der Waals surface area contributed by atoms with E-state index in [1.807, 2.05) is 0 Å². The van der Waals surface area contributed by atoms with Gasteiger partial charge >= 0.3 is 0 Å². The Kier molecular flexibility index (Phi) is 5.14. The van der Waals surface area contributed by atoms with Gasteiger partial charge in [0.15, 0.2) is 5.78 Å². The fraction of sp³-hybridized carbons (Fsp3) is 0.579. The van der Waals surface area contributed by atoms with E-state index in [9.17, 15) is 14.4 Å². The number of nitrogens with one attached hydrogen (secondary N) is 1. The van der Waals surface area contributed by atoms with Crippen LogP contribution in [0.4, 0.5) is 0 Å². The van der Waals surface area contributed by atoms with Crippen LogP contribution in [-0.4, -0.2) is 64.2 Å². The van der Waals surface area contributed by atoms with Gasteiger partial charge in [0.05, 0.1) is 5.38 Å². The number of rotatable bonds is 4. The Labute approximate surface area is 162 Å². The molecule has 4 atom stereocenters. The molecule has 2 amide bonds. The third-order valence-corrected chi connectivity index (χ3v) is 6.16. The maximum atomic E-state index is 13.4. The zero-order chi connectivity index (χ0) is 19.0. The summed E-state index contributed by atoms with van der Waals surface area (Å²) >= 11 is 6.32. The minimum atomic E-state index is -0.663. The van der Waals surface area contributed by atoms with Crippen molar-refractivity contribution in [2.45, 2.75) is 49.2 Å². The summed E-state index contributed by atoms with van der Waals surface area (Å²) in [6, 6.07) is 1.92. The first-order chi connectivity index (χ1) is 13.1. The quantitative estimate of drug-likeness (QED) is 0.778. The zero-order valence-corrected chi connectivity index (χ0v) is 15.6. The molecule has 7 nitrogen and oxygen atoms in total. The first-order valence-electron chi connectivity index (χ1n) is 9.36. The molecule has 0 spiro atoms. The van der Waals surface area contributed by atoms with Crippen LogP contribution in [0.3, 0.4) is 0 Å². The first kappa shape index (κ1) is 18.4. The van der Waals surface area contributed by atoms with Crippen molar-refractivity contribution >= 4 is 29.2 Å². The fourth-order valence-corrected chi connectivity index (χ4v) is 4.76. The molecule has 1 aromatic heterocycles. The highest BCUT2D eigenvalue weighted by Gasteiger charge is 2.53. The molecule has 4 rings (SSSR count). The van der Waals surface area contributed by atoms with E-state index in [0.29, 0.717) is 5.56 Å². The van der Waals surface area contributed by atoms with E-state index in [2.05, 4.69) is 10.3 Å². The van der Waals surface area contributed by atoms with Gasteiger partial charge in [-0.25, -0.2) is 0 Å². The molecule has 1 N–H and O–H groups in total. The van der Waals surface area contributed by atoms with E-state index in [0.717, 1.165) is 25.7 Å². The van der Waals surface area contributed by atoms with Crippen LogP contribution in [-0.2, 0) is 14.3 Å². The van der Waals surface area contributed by atoms with Crippen LogP contribution in [0.2, 0.25) is 0 Å². The van der Waals surface area contributed by atoms with Crippen LogP contribution < -0.4 is 5.32 Å². The minimum Gasteiger partial charge on any atom is -0.366 e. The molecule has 3 heterocycles. The maximum Gasteiger partial charge on any atom is 0.252 e. The average Bonchev–Trinajstić information content (AvgIpc) is 3.40. The number of ether oxygens (including phenoxy) is 1. The predicted octanol–water partition coefficient (Wildman–Crippen LogP) is 1.16. The lowest BCUT2D eigenvalue weighted by atomic mass is 9.95. The SMILES string of the molecule is O=C(N[C@H](C(=O)N1C[C@H](Cl)[C@H]2OCC(=O)[C@H]21)C1CCCC1)c1ccncc1. The van der Waals surface area contributed by atoms with Gasteiger partial charge in [0, 0.05) is 24.5 Å². The summed E-state index contributed by atoms with van der Waals surface area (Å²) in [4.78, 5) is 43.7. The van der Waals surface area contributed by atoms with Crippen molar-refractivity contribution in [2.24, 2.45) is 5.92 Å². The predicted molar refractivity (Wildman–Crippen MR) is 97.3 cm³/mol.